The molecule has 0 aliphatic carbocycles. The van der Waals surface area contributed by atoms with Crippen LogP contribution in [0.2, 0.25) is 0 Å². The lowest BCUT2D eigenvalue weighted by atomic mass is 10.2. The van der Waals surface area contributed by atoms with Gasteiger partial charge in [-0.05, 0) is 48.5 Å². The van der Waals surface area contributed by atoms with Crippen LogP contribution in [0.4, 0.5) is 5.69 Å². The highest BCUT2D eigenvalue weighted by molar-refractivity contribution is 5.92. The molecule has 3 rings (SSSR count). The Morgan fingerprint density at radius 1 is 1.12 bits per heavy atom. The van der Waals surface area contributed by atoms with E-state index in [1.165, 1.54) is 18.2 Å². The highest BCUT2D eigenvalue weighted by atomic mass is 16.4. The molecule has 0 aliphatic heterocycles. The van der Waals surface area contributed by atoms with Gasteiger partial charge >= 0.3 is 5.97 Å². The number of carboxylic acids is 1. The molecule has 2 N–H and O–H groups in total. The van der Waals surface area contributed by atoms with Crippen molar-refractivity contribution in [3.05, 3.63) is 72.1 Å². The Bertz CT molecular complexity index is 911. The fourth-order valence-electron chi connectivity index (χ4n) is 2.25. The van der Waals surface area contributed by atoms with Gasteiger partial charge in [0.15, 0.2) is 0 Å². The maximum absolute atomic E-state index is 11.5. The van der Waals surface area contributed by atoms with Crippen molar-refractivity contribution in [2.24, 2.45) is 4.99 Å². The van der Waals surface area contributed by atoms with Crippen molar-refractivity contribution < 1.29 is 20.1 Å². The number of rotatable bonds is 4. The van der Waals surface area contributed by atoms with Gasteiger partial charge in [-0.3, -0.25) is 4.99 Å². The monoisotopic (exact) mass is 321 g/mol. The molecular formula is C18H13N2O4-. The van der Waals surface area contributed by atoms with E-state index in [0.29, 0.717) is 5.69 Å². The molecule has 0 saturated heterocycles. The summed E-state index contributed by atoms with van der Waals surface area (Å²) in [4.78, 5) is 15.2. The van der Waals surface area contributed by atoms with Gasteiger partial charge in [0, 0.05) is 11.9 Å². The highest BCUT2D eigenvalue weighted by Gasteiger charge is 2.05. The van der Waals surface area contributed by atoms with Crippen LogP contribution in [0.1, 0.15) is 16.1 Å². The predicted molar refractivity (Wildman–Crippen MR) is 87.5 cm³/mol. The standard InChI is InChI=1S/C18H14N2O4/c21-15-6-4-13(5-7-15)20-9-1-2-14(20)11-19-12-3-8-17(22)16(10-12)18(23)24/h1-11,21-22H,(H,23,24)/p-1. The largest absolute Gasteiger partial charge is 0.872 e. The fraction of sp³-hybridized carbons (Fsp3) is 0. The van der Waals surface area contributed by atoms with E-state index < -0.39 is 11.7 Å². The first-order valence-corrected chi connectivity index (χ1v) is 7.10. The number of aromatic hydroxyl groups is 1. The summed E-state index contributed by atoms with van der Waals surface area (Å²) < 4.78 is 1.86. The first kappa shape index (κ1) is 15.4. The van der Waals surface area contributed by atoms with Gasteiger partial charge in [-0.2, -0.15) is 0 Å². The minimum Gasteiger partial charge on any atom is -0.872 e. The van der Waals surface area contributed by atoms with E-state index in [0.717, 1.165) is 11.4 Å². The molecule has 1 aromatic heterocycles. The number of aliphatic imine (C=N–C) groups is 1. The highest BCUT2D eigenvalue weighted by Crippen LogP contribution is 2.22. The van der Waals surface area contributed by atoms with E-state index in [2.05, 4.69) is 4.99 Å². The average Bonchev–Trinajstić information content (AvgIpc) is 3.03. The van der Waals surface area contributed by atoms with Gasteiger partial charge < -0.3 is 19.9 Å². The Hall–Kier alpha value is -3.54. The third-order valence-corrected chi connectivity index (χ3v) is 3.45. The number of aromatic nitrogens is 1. The van der Waals surface area contributed by atoms with E-state index in [1.54, 1.807) is 30.5 Å². The summed E-state index contributed by atoms with van der Waals surface area (Å²) in [7, 11) is 0. The number of benzene rings is 2. The molecule has 120 valence electrons. The lowest BCUT2D eigenvalue weighted by Gasteiger charge is -2.10. The summed E-state index contributed by atoms with van der Waals surface area (Å²) in [5.41, 5.74) is 1.69. The maximum Gasteiger partial charge on any atom is 0.335 e. The molecular weight excluding hydrogens is 308 g/mol. The smallest absolute Gasteiger partial charge is 0.335 e. The molecule has 6 nitrogen and oxygen atoms in total. The zero-order chi connectivity index (χ0) is 17.1. The molecule has 2 aromatic carbocycles. The van der Waals surface area contributed by atoms with Gasteiger partial charge in [-0.15, -0.1) is 0 Å². The van der Waals surface area contributed by atoms with Crippen molar-refractivity contribution in [2.45, 2.75) is 0 Å². The van der Waals surface area contributed by atoms with Crippen LogP contribution in [-0.2, 0) is 0 Å². The zero-order valence-electron chi connectivity index (χ0n) is 12.5. The molecule has 0 unspecified atom stereocenters. The van der Waals surface area contributed by atoms with Crippen LogP contribution in [0.15, 0.2) is 65.8 Å². The van der Waals surface area contributed by atoms with Crippen LogP contribution in [0.3, 0.4) is 0 Å². The predicted octanol–water partition coefficient (Wildman–Crippen LogP) is 2.71. The molecule has 6 heteroatoms. The molecule has 0 bridgehead atoms. The van der Waals surface area contributed by atoms with Crippen molar-refractivity contribution in [3.63, 3.8) is 0 Å². The Kier molecular flexibility index (Phi) is 4.03. The number of phenolic OH excluding ortho intramolecular Hbond substituents is 1. The van der Waals surface area contributed by atoms with E-state index in [4.69, 9.17) is 5.11 Å². The number of hydrogen-bond acceptors (Lipinski definition) is 4. The third-order valence-electron chi connectivity index (χ3n) is 3.45. The molecule has 0 spiro atoms. The van der Waals surface area contributed by atoms with Crippen LogP contribution >= 0.6 is 0 Å². The number of carboxylic acid groups (broad SMARTS) is 1. The molecule has 24 heavy (non-hydrogen) atoms. The lowest BCUT2D eigenvalue weighted by molar-refractivity contribution is -0.268. The Morgan fingerprint density at radius 3 is 2.58 bits per heavy atom. The van der Waals surface area contributed by atoms with E-state index in [-0.39, 0.29) is 11.3 Å². The maximum atomic E-state index is 11.5. The lowest BCUT2D eigenvalue weighted by Crippen LogP contribution is -2.03. The summed E-state index contributed by atoms with van der Waals surface area (Å²) in [6.45, 7) is 0. The van der Waals surface area contributed by atoms with E-state index >= 15 is 0 Å². The van der Waals surface area contributed by atoms with Crippen LogP contribution < -0.4 is 5.11 Å². The van der Waals surface area contributed by atoms with Crippen LogP contribution in [0.25, 0.3) is 5.69 Å². The minimum absolute atomic E-state index is 0.181. The normalized spacial score (nSPS) is 11.0. The topological polar surface area (TPSA) is 97.9 Å². The van der Waals surface area contributed by atoms with Gasteiger partial charge in [0.25, 0.3) is 0 Å². The number of nitrogens with zero attached hydrogens (tertiary/aromatic N) is 2. The van der Waals surface area contributed by atoms with Crippen LogP contribution in [-0.4, -0.2) is 27.0 Å². The second-order valence-electron chi connectivity index (χ2n) is 5.06. The fourth-order valence-corrected chi connectivity index (χ4v) is 2.25. The van der Waals surface area contributed by atoms with Gasteiger partial charge in [0.05, 0.1) is 23.2 Å². The first-order valence-electron chi connectivity index (χ1n) is 7.10. The van der Waals surface area contributed by atoms with Gasteiger partial charge in [0.2, 0.25) is 0 Å². The van der Waals surface area contributed by atoms with Crippen molar-refractivity contribution >= 4 is 17.9 Å². The summed E-state index contributed by atoms with van der Waals surface area (Å²) in [5.74, 6) is -1.64. The van der Waals surface area contributed by atoms with Crippen LogP contribution in [0.5, 0.6) is 11.5 Å². The Labute approximate surface area is 137 Å². The van der Waals surface area contributed by atoms with Crippen molar-refractivity contribution in [1.29, 1.82) is 0 Å². The molecule has 0 radical (unpaired) electrons. The third kappa shape index (κ3) is 3.12. The Morgan fingerprint density at radius 2 is 1.88 bits per heavy atom. The second-order valence-corrected chi connectivity index (χ2v) is 5.06. The zero-order valence-corrected chi connectivity index (χ0v) is 12.5. The molecule has 1 heterocycles. The summed E-state index contributed by atoms with van der Waals surface area (Å²) >= 11 is 0. The first-order chi connectivity index (χ1) is 11.5. The molecule has 3 aromatic rings. The number of carbonyl (C=O) groups is 1. The SMILES string of the molecule is O=C(O)c1cc(N=Cc2cccn2-c2ccc(O)cc2)ccc1[O-]. The van der Waals surface area contributed by atoms with Crippen molar-refractivity contribution in [1.82, 2.24) is 4.57 Å². The van der Waals surface area contributed by atoms with E-state index in [9.17, 15) is 15.0 Å². The van der Waals surface area contributed by atoms with Gasteiger partial charge in [-0.25, -0.2) is 4.79 Å². The number of phenols is 1. The van der Waals surface area contributed by atoms with Gasteiger partial charge in [-0.1, -0.05) is 11.8 Å². The Balaban J connectivity index is 1.91. The summed E-state index contributed by atoms with van der Waals surface area (Å²) in [6, 6.07) is 14.3. The van der Waals surface area contributed by atoms with Crippen molar-refractivity contribution in [3.8, 4) is 17.2 Å². The minimum atomic E-state index is -1.27. The molecule has 0 saturated carbocycles. The number of aromatic carboxylic acids is 1. The summed E-state index contributed by atoms with van der Waals surface area (Å²) in [6.07, 6.45) is 3.43. The average molecular weight is 321 g/mol. The molecule has 0 amide bonds. The molecule has 0 aliphatic rings. The van der Waals surface area contributed by atoms with E-state index in [1.807, 2.05) is 22.9 Å². The molecule has 0 fully saturated rings. The quantitative estimate of drug-likeness (QED) is 0.722. The van der Waals surface area contributed by atoms with Crippen LogP contribution in [0, 0.1) is 0 Å². The molecule has 0 atom stereocenters. The van der Waals surface area contributed by atoms with Gasteiger partial charge in [0.1, 0.15) is 5.75 Å². The van der Waals surface area contributed by atoms with Crippen molar-refractivity contribution in [2.75, 3.05) is 0 Å². The summed E-state index contributed by atoms with van der Waals surface area (Å²) in [5, 5.41) is 29.8. The number of hydrogen-bond donors (Lipinski definition) is 2. The second kappa shape index (κ2) is 6.29.